The number of rotatable bonds is 5. The van der Waals surface area contributed by atoms with E-state index in [4.69, 9.17) is 0 Å². The summed E-state index contributed by atoms with van der Waals surface area (Å²) < 4.78 is 0. The summed E-state index contributed by atoms with van der Waals surface area (Å²) in [7, 11) is 0. The number of hydrogen-bond acceptors (Lipinski definition) is 8. The van der Waals surface area contributed by atoms with Crippen molar-refractivity contribution in [2.45, 2.75) is 5.79 Å². The normalized spacial score (nSPS) is 10.7. The van der Waals surface area contributed by atoms with E-state index in [1.54, 1.807) is 0 Å². The summed E-state index contributed by atoms with van der Waals surface area (Å²) in [6.07, 6.45) is 0. The Morgan fingerprint density at radius 3 is 1.37 bits per heavy atom. The Labute approximate surface area is 102 Å². The van der Waals surface area contributed by atoms with Gasteiger partial charge in [-0.05, 0) is 12.1 Å². The maximum absolute atomic E-state index is 10.7. The molecule has 0 saturated carbocycles. The quantitative estimate of drug-likeness (QED) is 0.423. The van der Waals surface area contributed by atoms with Crippen molar-refractivity contribution >= 4 is 5.69 Å². The third-order valence-corrected chi connectivity index (χ3v) is 2.23. The summed E-state index contributed by atoms with van der Waals surface area (Å²) in [6, 6.07) is 2.63. The minimum atomic E-state index is -3.78. The molecule has 19 heavy (non-hydrogen) atoms. The van der Waals surface area contributed by atoms with Crippen molar-refractivity contribution in [3.05, 3.63) is 70.3 Å². The smallest absolute Gasteiger partial charge is 0.258 e. The Bertz CT molecular complexity index is 531. The molecule has 12 heteroatoms. The number of non-ortho nitro benzene ring substituents is 1. The summed E-state index contributed by atoms with van der Waals surface area (Å²) in [6.45, 7) is 0. The zero-order chi connectivity index (χ0) is 14.8. The highest BCUT2D eigenvalue weighted by Gasteiger charge is 2.72. The van der Waals surface area contributed by atoms with Crippen molar-refractivity contribution in [3.63, 3.8) is 0 Å². The first-order valence-electron chi connectivity index (χ1n) is 4.43. The highest BCUT2D eigenvalue weighted by molar-refractivity contribution is 5.33. The average Bonchev–Trinajstić information content (AvgIpc) is 2.28. The first kappa shape index (κ1) is 13.9. The minimum Gasteiger partial charge on any atom is -0.258 e. The van der Waals surface area contributed by atoms with Crippen molar-refractivity contribution in [1.82, 2.24) is 0 Å². The fourth-order valence-electron chi connectivity index (χ4n) is 1.32. The van der Waals surface area contributed by atoms with Gasteiger partial charge in [-0.1, -0.05) is 0 Å². The van der Waals surface area contributed by atoms with Gasteiger partial charge < -0.3 is 0 Å². The standard InChI is InChI=1S/C7H4N4O8/c12-8(13)6-3-1-5(2-4-6)7(9(14)15,10(16)17)11(18)19/h1-4H. The van der Waals surface area contributed by atoms with Crippen LogP contribution in [0.1, 0.15) is 5.56 Å². The van der Waals surface area contributed by atoms with E-state index in [-0.39, 0.29) is 0 Å². The van der Waals surface area contributed by atoms with Crippen LogP contribution in [0.25, 0.3) is 0 Å². The predicted molar refractivity (Wildman–Crippen MR) is 55.8 cm³/mol. The van der Waals surface area contributed by atoms with Crippen LogP contribution in [0, 0.1) is 40.5 Å². The molecule has 1 rings (SSSR count). The molecule has 0 spiro atoms. The summed E-state index contributed by atoms with van der Waals surface area (Å²) in [5.74, 6) is -3.78. The fourth-order valence-corrected chi connectivity index (χ4v) is 1.32. The lowest BCUT2D eigenvalue weighted by Crippen LogP contribution is -2.50. The van der Waals surface area contributed by atoms with Crippen molar-refractivity contribution in [1.29, 1.82) is 0 Å². The van der Waals surface area contributed by atoms with Gasteiger partial charge in [-0.25, -0.2) is 0 Å². The van der Waals surface area contributed by atoms with Crippen LogP contribution in [0.4, 0.5) is 5.69 Å². The third-order valence-electron chi connectivity index (χ3n) is 2.23. The van der Waals surface area contributed by atoms with Crippen LogP contribution >= 0.6 is 0 Å². The molecule has 1 aromatic rings. The Balaban J connectivity index is 3.50. The molecule has 0 fully saturated rings. The number of hydrogen-bond donors (Lipinski definition) is 0. The lowest BCUT2D eigenvalue weighted by Gasteiger charge is -2.08. The Kier molecular flexibility index (Phi) is 3.36. The van der Waals surface area contributed by atoms with Crippen molar-refractivity contribution in [2.75, 3.05) is 0 Å². The third kappa shape index (κ3) is 2.01. The second-order valence-corrected chi connectivity index (χ2v) is 3.21. The molecule has 0 radical (unpaired) electrons. The van der Waals surface area contributed by atoms with Crippen LogP contribution in [0.5, 0.6) is 0 Å². The van der Waals surface area contributed by atoms with Gasteiger partial charge >= 0.3 is 5.79 Å². The predicted octanol–water partition coefficient (Wildman–Crippen LogP) is 0.535. The first-order valence-corrected chi connectivity index (χ1v) is 4.43. The fraction of sp³-hybridized carbons (Fsp3) is 0.143. The number of nitro groups is 4. The molecule has 0 bridgehead atoms. The number of nitro benzene ring substituents is 1. The lowest BCUT2D eigenvalue weighted by atomic mass is 10.1. The zero-order valence-corrected chi connectivity index (χ0v) is 8.86. The maximum Gasteiger partial charge on any atom is 0.728 e. The monoisotopic (exact) mass is 272 g/mol. The molecule has 12 nitrogen and oxygen atoms in total. The molecule has 0 N–H and O–H groups in total. The van der Waals surface area contributed by atoms with Crippen LogP contribution in [0.3, 0.4) is 0 Å². The molecular formula is C7H4N4O8. The summed E-state index contributed by atoms with van der Waals surface area (Å²) in [5, 5.41) is 42.5. The molecule has 0 aromatic heterocycles. The maximum atomic E-state index is 10.7. The van der Waals surface area contributed by atoms with Gasteiger partial charge in [0.2, 0.25) is 0 Å². The molecule has 0 aliphatic heterocycles. The number of nitrogens with zero attached hydrogens (tertiary/aromatic N) is 4. The van der Waals surface area contributed by atoms with Gasteiger partial charge in [-0.2, -0.15) is 0 Å². The summed E-state index contributed by atoms with van der Waals surface area (Å²) >= 11 is 0. The SMILES string of the molecule is O=[N+]([O-])c1ccc(C([N+](=O)[O-])([N+](=O)[O-])[N+](=O)[O-])cc1. The molecule has 0 unspecified atom stereocenters. The van der Waals surface area contributed by atoms with Gasteiger partial charge in [0.1, 0.15) is 0 Å². The molecule has 100 valence electrons. The molecule has 0 atom stereocenters. The van der Waals surface area contributed by atoms with E-state index in [1.165, 1.54) is 0 Å². The van der Waals surface area contributed by atoms with E-state index in [2.05, 4.69) is 0 Å². The first-order chi connectivity index (χ1) is 8.74. The van der Waals surface area contributed by atoms with Gasteiger partial charge in [-0.3, -0.25) is 40.5 Å². The topological polar surface area (TPSA) is 173 Å². The van der Waals surface area contributed by atoms with Gasteiger partial charge in [-0.15, -0.1) is 0 Å². The Morgan fingerprint density at radius 2 is 1.11 bits per heavy atom. The highest BCUT2D eigenvalue weighted by Crippen LogP contribution is 2.28. The average molecular weight is 272 g/mol. The van der Waals surface area contributed by atoms with E-state index in [1.807, 2.05) is 0 Å². The van der Waals surface area contributed by atoms with Crippen molar-refractivity contribution < 1.29 is 19.7 Å². The Hall–Kier alpha value is -3.18. The van der Waals surface area contributed by atoms with E-state index < -0.39 is 36.7 Å². The van der Waals surface area contributed by atoms with Crippen molar-refractivity contribution in [2.24, 2.45) is 0 Å². The summed E-state index contributed by atoms with van der Waals surface area (Å²) in [4.78, 5) is 36.6. The van der Waals surface area contributed by atoms with Crippen LogP contribution in [0.2, 0.25) is 0 Å². The van der Waals surface area contributed by atoms with Crippen LogP contribution in [-0.2, 0) is 5.79 Å². The van der Waals surface area contributed by atoms with E-state index in [9.17, 15) is 40.5 Å². The minimum absolute atomic E-state index is 0.507. The molecule has 0 saturated heterocycles. The van der Waals surface area contributed by atoms with Crippen LogP contribution in [0.15, 0.2) is 24.3 Å². The largest absolute Gasteiger partial charge is 0.728 e. The van der Waals surface area contributed by atoms with E-state index in [0.29, 0.717) is 24.3 Å². The van der Waals surface area contributed by atoms with Gasteiger partial charge in [0.05, 0.1) is 4.92 Å². The molecule has 0 heterocycles. The van der Waals surface area contributed by atoms with Gasteiger partial charge in [0.25, 0.3) is 5.69 Å². The van der Waals surface area contributed by atoms with Crippen LogP contribution < -0.4 is 0 Å². The zero-order valence-electron chi connectivity index (χ0n) is 8.86. The van der Waals surface area contributed by atoms with Crippen molar-refractivity contribution in [3.8, 4) is 0 Å². The summed E-state index contributed by atoms with van der Waals surface area (Å²) in [5.41, 5.74) is -1.40. The lowest BCUT2D eigenvalue weighted by molar-refractivity contribution is -0.986. The Morgan fingerprint density at radius 1 is 0.737 bits per heavy atom. The molecule has 0 aliphatic carbocycles. The van der Waals surface area contributed by atoms with E-state index >= 15 is 0 Å². The van der Waals surface area contributed by atoms with E-state index in [0.717, 1.165) is 0 Å². The second kappa shape index (κ2) is 4.59. The van der Waals surface area contributed by atoms with Gasteiger partial charge in [0.15, 0.2) is 20.3 Å². The van der Waals surface area contributed by atoms with Gasteiger partial charge in [0, 0.05) is 12.1 Å². The molecule has 1 aromatic carbocycles. The second-order valence-electron chi connectivity index (χ2n) is 3.21. The molecule has 0 aliphatic rings. The van der Waals surface area contributed by atoms with Crippen LogP contribution in [-0.4, -0.2) is 19.7 Å². The number of benzene rings is 1. The molecule has 0 amide bonds. The highest BCUT2D eigenvalue weighted by atomic mass is 16.7. The molecular weight excluding hydrogens is 268 g/mol.